The number of hydrogen-bond donors (Lipinski definition) is 2. The van der Waals surface area contributed by atoms with Crippen LogP contribution in [-0.4, -0.2) is 19.9 Å². The fourth-order valence-electron chi connectivity index (χ4n) is 1.79. The van der Waals surface area contributed by atoms with Crippen LogP contribution in [0.5, 0.6) is 0 Å². The largest absolute Gasteiger partial charge is 0.383 e. The minimum Gasteiger partial charge on any atom is -0.383 e. The lowest BCUT2D eigenvalue weighted by Gasteiger charge is -2.12. The first-order chi connectivity index (χ1) is 9.94. The molecular formula is C14H16BrN3O2S. The van der Waals surface area contributed by atoms with E-state index in [4.69, 9.17) is 0 Å². The summed E-state index contributed by atoms with van der Waals surface area (Å²) in [4.78, 5) is 3.98. The van der Waals surface area contributed by atoms with E-state index in [2.05, 4.69) is 31.0 Å². The Kier molecular flexibility index (Phi) is 4.84. The zero-order chi connectivity index (χ0) is 15.5. The minimum absolute atomic E-state index is 0.0106. The molecule has 0 radical (unpaired) electrons. The summed E-state index contributed by atoms with van der Waals surface area (Å²) in [6.07, 6.45) is 1.46. The van der Waals surface area contributed by atoms with E-state index in [0.29, 0.717) is 17.9 Å². The molecule has 0 bridgehead atoms. The van der Waals surface area contributed by atoms with Crippen molar-refractivity contribution in [1.29, 1.82) is 0 Å². The highest BCUT2D eigenvalue weighted by atomic mass is 79.9. The Hall–Kier alpha value is -1.60. The van der Waals surface area contributed by atoms with Gasteiger partial charge in [-0.2, -0.15) is 8.42 Å². The monoisotopic (exact) mass is 369 g/mol. The number of aromatic nitrogens is 1. The van der Waals surface area contributed by atoms with Gasteiger partial charge in [0.05, 0.1) is 11.4 Å². The zero-order valence-electron chi connectivity index (χ0n) is 11.7. The van der Waals surface area contributed by atoms with Crippen LogP contribution < -0.4 is 10.0 Å². The first kappa shape index (κ1) is 15.8. The first-order valence-electron chi connectivity index (χ1n) is 6.42. The molecule has 0 atom stereocenters. The fourth-order valence-corrected chi connectivity index (χ4v) is 3.33. The molecule has 1 aromatic heterocycles. The van der Waals surface area contributed by atoms with Gasteiger partial charge in [0.2, 0.25) is 0 Å². The van der Waals surface area contributed by atoms with Gasteiger partial charge in [0.1, 0.15) is 0 Å². The fraction of sp³-hybridized carbons (Fsp3) is 0.214. The van der Waals surface area contributed by atoms with Crippen LogP contribution in [0.1, 0.15) is 12.5 Å². The van der Waals surface area contributed by atoms with Crippen molar-refractivity contribution in [2.45, 2.75) is 18.9 Å². The Morgan fingerprint density at radius 3 is 2.71 bits per heavy atom. The van der Waals surface area contributed by atoms with Gasteiger partial charge in [0.25, 0.3) is 10.0 Å². The normalized spacial score (nSPS) is 11.2. The molecule has 112 valence electrons. The Bertz CT molecular complexity index is 748. The lowest BCUT2D eigenvalue weighted by Crippen LogP contribution is -2.17. The number of nitrogens with one attached hydrogen (secondary N) is 2. The maximum Gasteiger partial charge on any atom is 0.281 e. The van der Waals surface area contributed by atoms with Crippen molar-refractivity contribution in [2.24, 2.45) is 0 Å². The van der Waals surface area contributed by atoms with Crippen LogP contribution in [0.4, 0.5) is 11.4 Å². The highest BCUT2D eigenvalue weighted by Crippen LogP contribution is 2.24. The van der Waals surface area contributed by atoms with Gasteiger partial charge >= 0.3 is 0 Å². The number of aryl methyl sites for hydroxylation is 1. The second-order valence-corrected chi connectivity index (χ2v) is 6.91. The highest BCUT2D eigenvalue weighted by molar-refractivity contribution is 9.10. The predicted molar refractivity (Wildman–Crippen MR) is 88.1 cm³/mol. The zero-order valence-corrected chi connectivity index (χ0v) is 14.1. The molecule has 2 rings (SSSR count). The van der Waals surface area contributed by atoms with Crippen molar-refractivity contribution >= 4 is 37.3 Å². The maximum atomic E-state index is 12.5. The van der Waals surface area contributed by atoms with Gasteiger partial charge in [0, 0.05) is 17.2 Å². The smallest absolute Gasteiger partial charge is 0.281 e. The van der Waals surface area contributed by atoms with Crippen molar-refractivity contribution in [1.82, 2.24) is 4.98 Å². The quantitative estimate of drug-likeness (QED) is 0.847. The van der Waals surface area contributed by atoms with Gasteiger partial charge in [-0.1, -0.05) is 22.0 Å². The Labute approximate surface area is 133 Å². The topological polar surface area (TPSA) is 71.1 Å². The summed E-state index contributed by atoms with van der Waals surface area (Å²) < 4.78 is 28.3. The van der Waals surface area contributed by atoms with Crippen LogP contribution in [0.3, 0.4) is 0 Å². The standard InChI is InChI=1S/C14H16BrN3O2S/c1-3-16-13-5-4-8-17-14(13)21(19,20)18-11-7-6-10(2)12(15)9-11/h4-9,16,18H,3H2,1-2H3. The minimum atomic E-state index is -3.74. The molecule has 7 heteroatoms. The Balaban J connectivity index is 2.36. The number of pyridine rings is 1. The second kappa shape index (κ2) is 6.44. The summed E-state index contributed by atoms with van der Waals surface area (Å²) in [7, 11) is -3.74. The van der Waals surface area contributed by atoms with Crippen LogP contribution in [0.2, 0.25) is 0 Å². The molecule has 0 amide bonds. The Morgan fingerprint density at radius 1 is 1.29 bits per heavy atom. The molecule has 0 saturated heterocycles. The number of benzene rings is 1. The van der Waals surface area contributed by atoms with Gasteiger partial charge in [0.15, 0.2) is 5.03 Å². The van der Waals surface area contributed by atoms with Gasteiger partial charge in [-0.15, -0.1) is 0 Å². The van der Waals surface area contributed by atoms with E-state index in [1.807, 2.05) is 19.9 Å². The number of halogens is 1. The average molecular weight is 370 g/mol. The van der Waals surface area contributed by atoms with Crippen LogP contribution in [-0.2, 0) is 10.0 Å². The van der Waals surface area contributed by atoms with Crippen molar-refractivity contribution in [3.05, 3.63) is 46.6 Å². The molecule has 0 unspecified atom stereocenters. The number of rotatable bonds is 5. The van der Waals surface area contributed by atoms with E-state index in [1.54, 1.807) is 24.3 Å². The summed E-state index contributed by atoms with van der Waals surface area (Å²) in [5.41, 5.74) is 2.00. The van der Waals surface area contributed by atoms with Gasteiger partial charge in [-0.3, -0.25) is 4.72 Å². The molecule has 5 nitrogen and oxygen atoms in total. The third-order valence-electron chi connectivity index (χ3n) is 2.82. The molecule has 0 aliphatic heterocycles. The first-order valence-corrected chi connectivity index (χ1v) is 8.69. The molecule has 0 aliphatic rings. The summed E-state index contributed by atoms with van der Waals surface area (Å²) in [5, 5.41) is 2.99. The van der Waals surface area contributed by atoms with Gasteiger partial charge in [-0.25, -0.2) is 4.98 Å². The summed E-state index contributed by atoms with van der Waals surface area (Å²) in [6, 6.07) is 8.66. The summed E-state index contributed by atoms with van der Waals surface area (Å²) in [6.45, 7) is 4.45. The number of sulfonamides is 1. The van der Waals surface area contributed by atoms with E-state index in [9.17, 15) is 8.42 Å². The van der Waals surface area contributed by atoms with Crippen molar-refractivity contribution in [3.8, 4) is 0 Å². The van der Waals surface area contributed by atoms with Crippen LogP contribution in [0.25, 0.3) is 0 Å². The maximum absolute atomic E-state index is 12.5. The molecule has 1 heterocycles. The molecular weight excluding hydrogens is 354 g/mol. The molecule has 0 aliphatic carbocycles. The van der Waals surface area contributed by atoms with E-state index < -0.39 is 10.0 Å². The molecule has 1 aromatic carbocycles. The van der Waals surface area contributed by atoms with Crippen LogP contribution >= 0.6 is 15.9 Å². The van der Waals surface area contributed by atoms with Gasteiger partial charge in [-0.05, 0) is 43.7 Å². The van der Waals surface area contributed by atoms with Crippen molar-refractivity contribution < 1.29 is 8.42 Å². The summed E-state index contributed by atoms with van der Waals surface area (Å²) >= 11 is 3.39. The molecule has 21 heavy (non-hydrogen) atoms. The van der Waals surface area contributed by atoms with Gasteiger partial charge < -0.3 is 5.32 Å². The molecule has 2 N–H and O–H groups in total. The molecule has 0 saturated carbocycles. The van der Waals surface area contributed by atoms with Crippen molar-refractivity contribution in [3.63, 3.8) is 0 Å². The average Bonchev–Trinajstić information content (AvgIpc) is 2.43. The third kappa shape index (κ3) is 3.74. The molecule has 0 fully saturated rings. The second-order valence-electron chi connectivity index (χ2n) is 4.46. The number of hydrogen-bond acceptors (Lipinski definition) is 4. The number of anilines is 2. The predicted octanol–water partition coefficient (Wildman–Crippen LogP) is 3.39. The van der Waals surface area contributed by atoms with E-state index in [0.717, 1.165) is 10.0 Å². The van der Waals surface area contributed by atoms with E-state index in [1.165, 1.54) is 6.20 Å². The van der Waals surface area contributed by atoms with E-state index >= 15 is 0 Å². The lowest BCUT2D eigenvalue weighted by atomic mass is 10.2. The lowest BCUT2D eigenvalue weighted by molar-refractivity contribution is 0.598. The molecule has 0 spiro atoms. The van der Waals surface area contributed by atoms with E-state index in [-0.39, 0.29) is 5.03 Å². The van der Waals surface area contributed by atoms with Crippen LogP contribution in [0, 0.1) is 6.92 Å². The SMILES string of the molecule is CCNc1cccnc1S(=O)(=O)Nc1ccc(C)c(Br)c1. The highest BCUT2D eigenvalue weighted by Gasteiger charge is 2.20. The van der Waals surface area contributed by atoms with Crippen LogP contribution in [0.15, 0.2) is 46.0 Å². The van der Waals surface area contributed by atoms with Crippen molar-refractivity contribution in [2.75, 3.05) is 16.6 Å². The Morgan fingerprint density at radius 2 is 2.05 bits per heavy atom. The summed E-state index contributed by atoms with van der Waals surface area (Å²) in [5.74, 6) is 0. The number of nitrogens with zero attached hydrogens (tertiary/aromatic N) is 1. The third-order valence-corrected chi connectivity index (χ3v) is 5.01. The molecule has 2 aromatic rings.